The monoisotopic (exact) mass is 331 g/mol. The van der Waals surface area contributed by atoms with Gasteiger partial charge < -0.3 is 4.74 Å². The molecule has 1 fully saturated rings. The lowest BCUT2D eigenvalue weighted by atomic mass is 10.0. The molecule has 1 N–H and O–H groups in total. The first-order chi connectivity index (χ1) is 9.46. The third-order valence-corrected chi connectivity index (χ3v) is 7.67. The molecule has 0 unspecified atom stereocenters. The summed E-state index contributed by atoms with van der Waals surface area (Å²) in [6.07, 6.45) is 0. The van der Waals surface area contributed by atoms with Gasteiger partial charge in [0.25, 0.3) is 0 Å². The number of hydrogen-bond donors (Lipinski definition) is 1. The molecule has 0 aromatic carbocycles. The standard InChI is InChI=1S/C14H21NO4S2/c1-8-7-20-9(11(16)19-6)10(8)21(17,18)15-12-13(2,3)14(12,4)5/h7,12,15H,1-6H3. The minimum atomic E-state index is -3.75. The van der Waals surface area contributed by atoms with E-state index in [1.54, 1.807) is 12.3 Å². The molecule has 1 heterocycles. The zero-order chi connectivity index (χ0) is 16.2. The van der Waals surface area contributed by atoms with Crippen LogP contribution in [0, 0.1) is 17.8 Å². The van der Waals surface area contributed by atoms with Crippen molar-refractivity contribution >= 4 is 27.3 Å². The van der Waals surface area contributed by atoms with Crippen molar-refractivity contribution in [2.75, 3.05) is 7.11 Å². The minimum Gasteiger partial charge on any atom is -0.465 e. The van der Waals surface area contributed by atoms with E-state index in [1.165, 1.54) is 7.11 Å². The van der Waals surface area contributed by atoms with Crippen LogP contribution in [0.5, 0.6) is 0 Å². The number of sulfonamides is 1. The normalized spacial score (nSPS) is 20.3. The fourth-order valence-electron chi connectivity index (χ4n) is 2.71. The van der Waals surface area contributed by atoms with Gasteiger partial charge in [-0.25, -0.2) is 17.9 Å². The van der Waals surface area contributed by atoms with Crippen molar-refractivity contribution < 1.29 is 17.9 Å². The summed E-state index contributed by atoms with van der Waals surface area (Å²) in [4.78, 5) is 11.9. The van der Waals surface area contributed by atoms with Crippen molar-refractivity contribution in [3.05, 3.63) is 15.8 Å². The van der Waals surface area contributed by atoms with E-state index in [2.05, 4.69) is 9.46 Å². The average Bonchev–Trinajstić information content (AvgIpc) is 2.71. The van der Waals surface area contributed by atoms with Gasteiger partial charge in [0.2, 0.25) is 10.0 Å². The van der Waals surface area contributed by atoms with E-state index in [1.807, 2.05) is 27.7 Å². The molecular weight excluding hydrogens is 310 g/mol. The maximum atomic E-state index is 12.7. The molecule has 0 radical (unpaired) electrons. The second kappa shape index (κ2) is 4.79. The zero-order valence-corrected chi connectivity index (χ0v) is 14.7. The zero-order valence-electron chi connectivity index (χ0n) is 13.1. The molecule has 0 atom stereocenters. The van der Waals surface area contributed by atoms with Crippen LogP contribution in [0.15, 0.2) is 10.3 Å². The Morgan fingerprint density at radius 1 is 1.29 bits per heavy atom. The van der Waals surface area contributed by atoms with Gasteiger partial charge >= 0.3 is 5.97 Å². The summed E-state index contributed by atoms with van der Waals surface area (Å²) in [5.41, 5.74) is 0.328. The predicted octanol–water partition coefficient (Wildman–Crippen LogP) is 2.56. The van der Waals surface area contributed by atoms with Crippen LogP contribution in [0.2, 0.25) is 0 Å². The van der Waals surface area contributed by atoms with E-state index in [0.717, 1.165) is 11.3 Å². The highest BCUT2D eigenvalue weighted by atomic mass is 32.2. The molecule has 5 nitrogen and oxygen atoms in total. The van der Waals surface area contributed by atoms with E-state index in [9.17, 15) is 13.2 Å². The van der Waals surface area contributed by atoms with Crippen LogP contribution in [-0.4, -0.2) is 27.5 Å². The van der Waals surface area contributed by atoms with Gasteiger partial charge in [-0.1, -0.05) is 27.7 Å². The Hall–Kier alpha value is -0.920. The van der Waals surface area contributed by atoms with Gasteiger partial charge in [0.05, 0.1) is 7.11 Å². The largest absolute Gasteiger partial charge is 0.465 e. The van der Waals surface area contributed by atoms with Crippen LogP contribution in [0.25, 0.3) is 0 Å². The summed E-state index contributed by atoms with van der Waals surface area (Å²) in [5.74, 6) is -0.622. The van der Waals surface area contributed by atoms with Crippen LogP contribution < -0.4 is 4.72 Å². The van der Waals surface area contributed by atoms with Crippen LogP contribution in [0.4, 0.5) is 0 Å². The number of hydrogen-bond acceptors (Lipinski definition) is 5. The SMILES string of the molecule is COC(=O)c1scc(C)c1S(=O)(=O)NC1C(C)(C)C1(C)C. The Morgan fingerprint density at radius 2 is 1.81 bits per heavy atom. The Labute approximate surface area is 129 Å². The van der Waals surface area contributed by atoms with Gasteiger partial charge in [-0.05, 0) is 28.7 Å². The Morgan fingerprint density at radius 3 is 2.24 bits per heavy atom. The highest BCUT2D eigenvalue weighted by Gasteiger charge is 2.66. The maximum absolute atomic E-state index is 12.7. The third-order valence-electron chi connectivity index (χ3n) is 4.85. The Kier molecular flexibility index (Phi) is 3.75. The molecule has 21 heavy (non-hydrogen) atoms. The first kappa shape index (κ1) is 16.5. The number of rotatable bonds is 4. The maximum Gasteiger partial charge on any atom is 0.349 e. The molecule has 0 saturated heterocycles. The molecule has 1 saturated carbocycles. The lowest BCUT2D eigenvalue weighted by Crippen LogP contribution is -2.31. The molecule has 0 spiro atoms. The van der Waals surface area contributed by atoms with Gasteiger partial charge in [0.1, 0.15) is 9.77 Å². The first-order valence-corrected chi connectivity index (χ1v) is 9.02. The van der Waals surface area contributed by atoms with Crippen molar-refractivity contribution in [1.82, 2.24) is 4.72 Å². The van der Waals surface area contributed by atoms with Crippen LogP contribution >= 0.6 is 11.3 Å². The number of methoxy groups -OCH3 is 1. The topological polar surface area (TPSA) is 72.5 Å². The molecule has 0 bridgehead atoms. The number of aryl methyl sites for hydroxylation is 1. The van der Waals surface area contributed by atoms with E-state index in [-0.39, 0.29) is 26.6 Å². The fraction of sp³-hybridized carbons (Fsp3) is 0.643. The summed E-state index contributed by atoms with van der Waals surface area (Å²) in [6, 6.07) is -0.153. The van der Waals surface area contributed by atoms with Crippen LogP contribution in [0.1, 0.15) is 42.9 Å². The van der Waals surface area contributed by atoms with Gasteiger partial charge in [0.15, 0.2) is 0 Å². The summed E-state index contributed by atoms with van der Waals surface area (Å²) >= 11 is 1.09. The highest BCUT2D eigenvalue weighted by Crippen LogP contribution is 2.63. The number of esters is 1. The second-order valence-corrected chi connectivity index (χ2v) is 9.10. The summed E-state index contributed by atoms with van der Waals surface area (Å²) in [7, 11) is -2.51. The quantitative estimate of drug-likeness (QED) is 0.861. The summed E-state index contributed by atoms with van der Waals surface area (Å²) in [5, 5.41) is 1.66. The summed E-state index contributed by atoms with van der Waals surface area (Å²) < 4.78 is 32.7. The molecular formula is C14H21NO4S2. The Balaban J connectivity index is 2.39. The lowest BCUT2D eigenvalue weighted by molar-refractivity contribution is 0.0602. The number of ether oxygens (including phenoxy) is 1. The third kappa shape index (κ3) is 2.41. The molecule has 118 valence electrons. The van der Waals surface area contributed by atoms with Crippen molar-refractivity contribution in [3.63, 3.8) is 0 Å². The highest BCUT2D eigenvalue weighted by molar-refractivity contribution is 7.89. The molecule has 1 aromatic rings. The molecule has 2 rings (SSSR count). The summed E-state index contributed by atoms with van der Waals surface area (Å²) in [6.45, 7) is 9.80. The lowest BCUT2D eigenvalue weighted by Gasteiger charge is -2.10. The number of carbonyl (C=O) groups excluding carboxylic acids is 1. The minimum absolute atomic E-state index is 0.0397. The van der Waals surface area contributed by atoms with Gasteiger partial charge in [-0.2, -0.15) is 0 Å². The molecule has 7 heteroatoms. The van der Waals surface area contributed by atoms with Crippen molar-refractivity contribution in [2.45, 2.75) is 45.6 Å². The first-order valence-electron chi connectivity index (χ1n) is 6.65. The van der Waals surface area contributed by atoms with E-state index >= 15 is 0 Å². The fourth-order valence-corrected chi connectivity index (χ4v) is 5.94. The van der Waals surface area contributed by atoms with Crippen LogP contribution in [0.3, 0.4) is 0 Å². The number of thiophene rings is 1. The van der Waals surface area contributed by atoms with Gasteiger partial charge in [-0.3, -0.25) is 0 Å². The Bertz CT molecular complexity index is 672. The average molecular weight is 331 g/mol. The van der Waals surface area contributed by atoms with Crippen molar-refractivity contribution in [3.8, 4) is 0 Å². The van der Waals surface area contributed by atoms with Gasteiger partial charge in [0, 0.05) is 6.04 Å². The molecule has 1 aliphatic rings. The van der Waals surface area contributed by atoms with E-state index in [4.69, 9.17) is 0 Å². The molecule has 1 aliphatic carbocycles. The molecule has 0 amide bonds. The molecule has 1 aromatic heterocycles. The van der Waals surface area contributed by atoms with E-state index < -0.39 is 16.0 Å². The van der Waals surface area contributed by atoms with Crippen molar-refractivity contribution in [2.24, 2.45) is 10.8 Å². The number of nitrogens with one attached hydrogen (secondary N) is 1. The smallest absolute Gasteiger partial charge is 0.349 e. The van der Waals surface area contributed by atoms with E-state index in [0.29, 0.717) is 5.56 Å². The molecule has 0 aliphatic heterocycles. The van der Waals surface area contributed by atoms with Crippen LogP contribution in [-0.2, 0) is 14.8 Å². The second-order valence-electron chi connectivity index (χ2n) is 6.57. The number of carbonyl (C=O) groups is 1. The van der Waals surface area contributed by atoms with Crippen molar-refractivity contribution in [1.29, 1.82) is 0 Å². The predicted molar refractivity (Wildman–Crippen MR) is 82.1 cm³/mol. The van der Waals surface area contributed by atoms with Gasteiger partial charge in [-0.15, -0.1) is 11.3 Å².